The summed E-state index contributed by atoms with van der Waals surface area (Å²) in [5.41, 5.74) is 7.92. The van der Waals surface area contributed by atoms with Gasteiger partial charge in [0.1, 0.15) is 32.2 Å². The van der Waals surface area contributed by atoms with E-state index in [0.29, 0.717) is 13.0 Å². The van der Waals surface area contributed by atoms with Crippen LogP contribution < -0.4 is 31.6 Å². The Morgan fingerprint density at radius 2 is 1.88 bits per heavy atom. The number of ether oxygens (including phenoxy) is 1. The molecule has 56 heavy (non-hydrogen) atoms. The molecule has 2 aliphatic heterocycles. The van der Waals surface area contributed by atoms with Crippen molar-refractivity contribution in [2.75, 3.05) is 51.5 Å². The number of hydrogen-bond donors (Lipinski definition) is 7. The van der Waals surface area contributed by atoms with Crippen LogP contribution in [0.1, 0.15) is 31.1 Å². The molecular weight excluding hydrogens is 819 g/mol. The number of amides is 1. The Morgan fingerprint density at radius 1 is 1.12 bits per heavy atom. The number of nitrogens with zero attached hydrogens (tertiary/aromatic N) is 5. The molecule has 1 saturated heterocycles. The third-order valence-corrected chi connectivity index (χ3v) is 13.0. The van der Waals surface area contributed by atoms with Crippen LogP contribution in [0.15, 0.2) is 47.4 Å². The largest absolute Gasteiger partial charge is 0.490 e. The number of nitrogens with one attached hydrogen (secondary N) is 1. The highest BCUT2D eigenvalue weighted by Gasteiger charge is 2.43. The first-order valence-electron chi connectivity index (χ1n) is 16.5. The number of nitrogen functional groups attached to an aromatic ring is 1. The summed E-state index contributed by atoms with van der Waals surface area (Å²) in [6.45, 7) is -0.364. The van der Waals surface area contributed by atoms with Crippen LogP contribution in [-0.4, -0.2) is 98.2 Å². The Labute approximate surface area is 322 Å². The summed E-state index contributed by atoms with van der Waals surface area (Å²) in [4.78, 5) is 73.0. The predicted molar refractivity (Wildman–Crippen MR) is 203 cm³/mol. The number of fused-ring (bicyclic) bond motifs is 2. The van der Waals surface area contributed by atoms with E-state index in [4.69, 9.17) is 25.2 Å². The number of aliphatic hydroxyl groups is 1. The minimum Gasteiger partial charge on any atom is -0.390 e. The molecule has 302 valence electrons. The van der Waals surface area contributed by atoms with Gasteiger partial charge in [0, 0.05) is 50.5 Å². The lowest BCUT2D eigenvalue weighted by Gasteiger charge is -2.19. The van der Waals surface area contributed by atoms with Gasteiger partial charge in [0.05, 0.1) is 45.6 Å². The van der Waals surface area contributed by atoms with Gasteiger partial charge < -0.3 is 45.4 Å². The number of carbonyl (C=O) groups is 1. The van der Waals surface area contributed by atoms with Crippen molar-refractivity contribution >= 4 is 62.4 Å². The molecule has 21 nitrogen and oxygen atoms in total. The predicted octanol–water partition coefficient (Wildman–Crippen LogP) is 0.948. The quantitative estimate of drug-likeness (QED) is 0.0402. The van der Waals surface area contributed by atoms with E-state index in [2.05, 4.69) is 52.3 Å². The molecule has 0 radical (unpaired) electrons. The van der Waals surface area contributed by atoms with Crippen molar-refractivity contribution in [1.29, 1.82) is 0 Å². The van der Waals surface area contributed by atoms with E-state index in [-0.39, 0.29) is 36.7 Å². The van der Waals surface area contributed by atoms with Gasteiger partial charge in [-0.25, -0.2) is 28.0 Å². The van der Waals surface area contributed by atoms with Gasteiger partial charge in [-0.1, -0.05) is 11.8 Å². The average molecular weight is 859 g/mol. The Bertz CT molecular complexity index is 2430. The summed E-state index contributed by atoms with van der Waals surface area (Å²) >= 11 is 1.67. The summed E-state index contributed by atoms with van der Waals surface area (Å²) in [5, 5.41) is 14.2. The zero-order chi connectivity index (χ0) is 41.0. The van der Waals surface area contributed by atoms with Gasteiger partial charge in [0.25, 0.3) is 0 Å². The number of rotatable bonds is 14. The monoisotopic (exact) mass is 858 g/mol. The number of aromatic nitrogens is 3. The van der Waals surface area contributed by atoms with Crippen molar-refractivity contribution in [1.82, 2.24) is 24.4 Å². The van der Waals surface area contributed by atoms with Crippen LogP contribution in [0.4, 0.5) is 11.5 Å². The van der Waals surface area contributed by atoms with E-state index in [1.807, 2.05) is 50.0 Å². The average Bonchev–Trinajstić information content (AvgIpc) is 3.46. The standard InChI is InChI=1S/C31H38N7O14P3S/c1-36(2)20-8-10-22-26(14-20)56-27-15-21(9-11-23(27)34-22)37(3)13-5-7-28(40)33-12-4-6-19-17-38(31(41)35-30(19)32)29-16-24(39)25(50-29)18-49-54(45,46)52-55(47,48)51-53(42,43)44/h8-11,14-15,17,24-25,29,39H,5,7,12-13,16,18H2,1-3H3,(H6-,32,33,35,40,41,42,43,44,45,46,47,48)/p+1/t24-,25+,29+/m0/s1. The van der Waals surface area contributed by atoms with Gasteiger partial charge >= 0.3 is 29.2 Å². The lowest BCUT2D eigenvalue weighted by molar-refractivity contribution is -0.120. The van der Waals surface area contributed by atoms with E-state index >= 15 is 0 Å². The second kappa shape index (κ2) is 17.7. The zero-order valence-corrected chi connectivity index (χ0v) is 33.5. The highest BCUT2D eigenvalue weighted by molar-refractivity contribution is 7.66. The van der Waals surface area contributed by atoms with Crippen molar-refractivity contribution in [3.05, 3.63) is 64.0 Å². The molecule has 1 aromatic carbocycles. The van der Waals surface area contributed by atoms with Crippen molar-refractivity contribution in [3.63, 3.8) is 0 Å². The summed E-state index contributed by atoms with van der Waals surface area (Å²) in [6, 6.07) is 12.3. The zero-order valence-electron chi connectivity index (χ0n) is 30.0. The molecule has 5 atom stereocenters. The molecule has 1 aromatic heterocycles. The van der Waals surface area contributed by atoms with E-state index in [1.165, 1.54) is 6.20 Å². The van der Waals surface area contributed by atoms with Gasteiger partial charge in [-0.3, -0.25) is 13.9 Å². The number of nitrogens with two attached hydrogens (primary N) is 1. The Balaban J connectivity index is 1.11. The van der Waals surface area contributed by atoms with Crippen LogP contribution in [0.25, 0.3) is 20.8 Å². The van der Waals surface area contributed by atoms with Crippen LogP contribution in [0.2, 0.25) is 0 Å². The number of anilines is 2. The number of aliphatic hydroxyl groups excluding tert-OH is 1. The fourth-order valence-electron chi connectivity index (χ4n) is 5.39. The lowest BCUT2D eigenvalue weighted by Crippen LogP contribution is -2.29. The smallest absolute Gasteiger partial charge is 0.390 e. The third-order valence-electron chi connectivity index (χ3n) is 8.11. The molecule has 1 amide bonds. The molecule has 0 saturated carbocycles. The van der Waals surface area contributed by atoms with Crippen molar-refractivity contribution in [3.8, 4) is 22.4 Å². The third kappa shape index (κ3) is 11.8. The van der Waals surface area contributed by atoms with E-state index < -0.39 is 54.2 Å². The van der Waals surface area contributed by atoms with E-state index in [9.17, 15) is 38.2 Å². The molecule has 8 N–H and O–H groups in total. The number of benzene rings is 2. The van der Waals surface area contributed by atoms with E-state index in [1.54, 1.807) is 11.3 Å². The Morgan fingerprint density at radius 3 is 2.59 bits per heavy atom. The SMILES string of the molecule is CN(CCCC(=O)NCC#Cc1cn([C@H]2C[C@H](O)[C@@H](COP(=O)(O)OP(=O)(O)OP(=O)(O)O)O2)c(=O)nc1N)c1ccc2nc3ccc(=[N+](C)C)cc-3sc2c1. The van der Waals surface area contributed by atoms with Gasteiger partial charge in [0.2, 0.25) is 11.3 Å². The fourth-order valence-corrected chi connectivity index (χ4v) is 9.45. The molecule has 3 heterocycles. The maximum Gasteiger partial charge on any atom is 0.490 e. The molecule has 1 fully saturated rings. The van der Waals surface area contributed by atoms with Gasteiger partial charge in [-0.15, -0.1) is 11.3 Å². The Kier molecular flexibility index (Phi) is 13.7. The second-order valence-corrected chi connectivity index (χ2v) is 18.1. The molecule has 2 aromatic rings. The molecule has 3 aliphatic rings. The fraction of sp³-hybridized carbons (Fsp3) is 0.387. The van der Waals surface area contributed by atoms with Crippen LogP contribution in [0, 0.1) is 11.8 Å². The highest BCUT2D eigenvalue weighted by Crippen LogP contribution is 2.66. The highest BCUT2D eigenvalue weighted by atomic mass is 32.1. The molecule has 25 heteroatoms. The van der Waals surface area contributed by atoms with E-state index in [0.717, 1.165) is 36.4 Å². The van der Waals surface area contributed by atoms with Crippen LogP contribution in [-0.2, 0) is 36.4 Å². The number of hydrogen-bond acceptors (Lipinski definition) is 15. The van der Waals surface area contributed by atoms with Gasteiger partial charge in [-0.05, 0) is 30.7 Å². The van der Waals surface area contributed by atoms with Crippen molar-refractivity contribution < 1.29 is 61.1 Å². The van der Waals surface area contributed by atoms with Crippen LogP contribution in [0.5, 0.6) is 0 Å². The first kappa shape index (κ1) is 43.2. The molecule has 0 bridgehead atoms. The first-order valence-corrected chi connectivity index (χ1v) is 21.8. The molecule has 0 spiro atoms. The lowest BCUT2D eigenvalue weighted by atomic mass is 10.2. The topological polar surface area (TPSA) is 298 Å². The van der Waals surface area contributed by atoms with Crippen LogP contribution >= 0.6 is 34.8 Å². The summed E-state index contributed by atoms with van der Waals surface area (Å²) in [7, 11) is -10.9. The maximum absolute atomic E-state index is 12.6. The second-order valence-electron chi connectivity index (χ2n) is 12.6. The van der Waals surface area contributed by atoms with Gasteiger partial charge in [-0.2, -0.15) is 13.6 Å². The number of carbonyl (C=O) groups excluding carboxylic acids is 1. The Hall–Kier alpha value is -3.90. The first-order chi connectivity index (χ1) is 26.2. The maximum atomic E-state index is 12.6. The minimum absolute atomic E-state index is 0.0445. The van der Waals surface area contributed by atoms with Crippen LogP contribution in [0.3, 0.4) is 0 Å². The number of phosphoric ester groups is 1. The summed E-state index contributed by atoms with van der Waals surface area (Å²) in [6.07, 6.45) is -2.21. The summed E-state index contributed by atoms with van der Waals surface area (Å²) < 4.78 is 55.8. The minimum atomic E-state index is -5.75. The molecule has 1 aliphatic carbocycles. The van der Waals surface area contributed by atoms with Gasteiger partial charge in [0.15, 0.2) is 0 Å². The van der Waals surface area contributed by atoms with Crippen molar-refractivity contribution in [2.24, 2.45) is 0 Å². The molecule has 5 rings (SSSR count). The molecule has 2 unspecified atom stereocenters. The van der Waals surface area contributed by atoms with Crippen molar-refractivity contribution in [2.45, 2.75) is 37.7 Å². The summed E-state index contributed by atoms with van der Waals surface area (Å²) in [5.74, 6) is 5.02. The number of phosphoric acid groups is 3. The molecular formula is C31H39N7O14P3S+. The normalized spacial score (nSPS) is 19.2.